The zero-order valence-electron chi connectivity index (χ0n) is 10.3. The predicted molar refractivity (Wildman–Crippen MR) is 62.3 cm³/mol. The maximum atomic E-state index is 4.28. The topological polar surface area (TPSA) is 42.7 Å². The van der Waals surface area contributed by atoms with E-state index in [0.29, 0.717) is 11.5 Å². The average Bonchev–Trinajstić information content (AvgIpc) is 2.45. The third-order valence-corrected chi connectivity index (χ3v) is 3.99. The summed E-state index contributed by atoms with van der Waals surface area (Å²) in [6.07, 6.45) is 4.67. The van der Waals surface area contributed by atoms with Crippen molar-refractivity contribution >= 4 is 0 Å². The van der Waals surface area contributed by atoms with Crippen LogP contribution in [0.1, 0.15) is 45.3 Å². The van der Waals surface area contributed by atoms with E-state index in [1.165, 1.54) is 25.9 Å². The minimum absolute atomic E-state index is 0.109. The Morgan fingerprint density at radius 3 is 2.50 bits per heavy atom. The molecule has 1 aliphatic heterocycles. The monoisotopic (exact) mass is 220 g/mol. The lowest BCUT2D eigenvalue weighted by Gasteiger charge is -2.54. The molecule has 0 bridgehead atoms. The van der Waals surface area contributed by atoms with Gasteiger partial charge in [-0.2, -0.15) is 0 Å². The van der Waals surface area contributed by atoms with Gasteiger partial charge in [0.15, 0.2) is 0 Å². The van der Waals surface area contributed by atoms with Gasteiger partial charge in [-0.1, -0.05) is 26.0 Å². The van der Waals surface area contributed by atoms with E-state index >= 15 is 0 Å². The minimum Gasteiger partial charge on any atom is -0.316 e. The molecule has 4 nitrogen and oxygen atoms in total. The van der Waals surface area contributed by atoms with Crippen molar-refractivity contribution in [3.05, 3.63) is 11.9 Å². The lowest BCUT2D eigenvalue weighted by molar-refractivity contribution is 0.00160. The summed E-state index contributed by atoms with van der Waals surface area (Å²) in [5.74, 6) is 0. The van der Waals surface area contributed by atoms with E-state index in [2.05, 4.69) is 47.3 Å². The van der Waals surface area contributed by atoms with Gasteiger partial charge in [0.1, 0.15) is 0 Å². The Labute approximate surface area is 96.4 Å². The number of hydrogen-bond donors (Lipinski definition) is 1. The number of hydrogen-bond acceptors (Lipinski definition) is 3. The van der Waals surface area contributed by atoms with Crippen LogP contribution < -0.4 is 5.32 Å². The molecule has 1 saturated carbocycles. The number of aromatic nitrogens is 3. The van der Waals surface area contributed by atoms with Crippen LogP contribution in [0.4, 0.5) is 0 Å². The average molecular weight is 220 g/mol. The maximum absolute atomic E-state index is 4.28. The van der Waals surface area contributed by atoms with E-state index in [4.69, 9.17) is 0 Å². The molecule has 2 fully saturated rings. The van der Waals surface area contributed by atoms with Crippen molar-refractivity contribution in [2.24, 2.45) is 5.41 Å². The molecule has 1 aliphatic carbocycles. The largest absolute Gasteiger partial charge is 0.316 e. The van der Waals surface area contributed by atoms with Crippen molar-refractivity contribution in [3.8, 4) is 0 Å². The highest BCUT2D eigenvalue weighted by molar-refractivity contribution is 5.10. The fraction of sp³-hybridized carbons (Fsp3) is 0.833. The fourth-order valence-electron chi connectivity index (χ4n) is 2.69. The Morgan fingerprint density at radius 2 is 2.06 bits per heavy atom. The molecular formula is C12H20N4. The summed E-state index contributed by atoms with van der Waals surface area (Å²) in [5.41, 5.74) is 1.82. The van der Waals surface area contributed by atoms with Crippen molar-refractivity contribution in [1.82, 2.24) is 20.3 Å². The second-order valence-corrected chi connectivity index (χ2v) is 6.50. The van der Waals surface area contributed by atoms with Crippen LogP contribution in [0.15, 0.2) is 6.20 Å². The predicted octanol–water partition coefficient (Wildman–Crippen LogP) is 1.50. The van der Waals surface area contributed by atoms with Gasteiger partial charge in [-0.05, 0) is 18.3 Å². The van der Waals surface area contributed by atoms with Crippen LogP contribution in [0.25, 0.3) is 0 Å². The number of rotatable bonds is 1. The first kappa shape index (κ1) is 10.3. The molecule has 0 aromatic carbocycles. The lowest BCUT2D eigenvalue weighted by atomic mass is 9.62. The van der Waals surface area contributed by atoms with Crippen LogP contribution in [-0.2, 0) is 5.41 Å². The first-order chi connectivity index (χ1) is 7.49. The Hall–Kier alpha value is -0.900. The third kappa shape index (κ3) is 1.47. The molecule has 1 aromatic rings. The highest BCUT2D eigenvalue weighted by Crippen LogP contribution is 2.50. The molecule has 1 spiro atoms. The van der Waals surface area contributed by atoms with Crippen LogP contribution in [0.3, 0.4) is 0 Å². The minimum atomic E-state index is 0.109. The normalized spacial score (nSPS) is 24.2. The molecule has 0 unspecified atom stereocenters. The molecule has 88 valence electrons. The first-order valence-corrected chi connectivity index (χ1v) is 6.12. The summed E-state index contributed by atoms with van der Waals surface area (Å²) < 4.78 is 2.07. The highest BCUT2D eigenvalue weighted by Gasteiger charge is 2.49. The fourth-order valence-corrected chi connectivity index (χ4v) is 2.69. The molecule has 0 amide bonds. The molecule has 1 saturated heterocycles. The Balaban J connectivity index is 1.70. The van der Waals surface area contributed by atoms with Gasteiger partial charge in [-0.15, -0.1) is 5.10 Å². The molecule has 0 radical (unpaired) electrons. The summed E-state index contributed by atoms with van der Waals surface area (Å²) in [6, 6.07) is 0.589. The second kappa shape index (κ2) is 3.06. The maximum Gasteiger partial charge on any atom is 0.0880 e. The van der Waals surface area contributed by atoms with E-state index in [0.717, 1.165) is 5.69 Å². The number of nitrogens with one attached hydrogen (secondary N) is 1. The smallest absolute Gasteiger partial charge is 0.0880 e. The summed E-state index contributed by atoms with van der Waals surface area (Å²) in [4.78, 5) is 0. The molecule has 1 aromatic heterocycles. The van der Waals surface area contributed by atoms with Gasteiger partial charge in [0.25, 0.3) is 0 Å². The Kier molecular flexibility index (Phi) is 1.97. The summed E-state index contributed by atoms with van der Waals surface area (Å²) in [7, 11) is 0. The third-order valence-electron chi connectivity index (χ3n) is 3.99. The molecule has 2 aliphatic rings. The molecule has 3 rings (SSSR count). The summed E-state index contributed by atoms with van der Waals surface area (Å²) in [5, 5.41) is 11.9. The van der Waals surface area contributed by atoms with Crippen molar-refractivity contribution in [2.45, 2.75) is 45.1 Å². The summed E-state index contributed by atoms with van der Waals surface area (Å²) in [6.45, 7) is 8.94. The van der Waals surface area contributed by atoms with Gasteiger partial charge in [0, 0.05) is 24.7 Å². The molecule has 4 heteroatoms. The van der Waals surface area contributed by atoms with Crippen LogP contribution in [0, 0.1) is 5.41 Å². The van der Waals surface area contributed by atoms with E-state index < -0.39 is 0 Å². The number of nitrogens with zero attached hydrogens (tertiary/aromatic N) is 3. The second-order valence-electron chi connectivity index (χ2n) is 6.50. The Morgan fingerprint density at radius 1 is 1.38 bits per heavy atom. The molecule has 1 N–H and O–H groups in total. The van der Waals surface area contributed by atoms with Crippen LogP contribution >= 0.6 is 0 Å². The SMILES string of the molecule is CC(C)(C)c1cn(C2CC3(CNC3)C2)nn1. The van der Waals surface area contributed by atoms with Crippen molar-refractivity contribution < 1.29 is 0 Å². The van der Waals surface area contributed by atoms with E-state index in [1.54, 1.807) is 0 Å². The van der Waals surface area contributed by atoms with Crippen molar-refractivity contribution in [3.63, 3.8) is 0 Å². The van der Waals surface area contributed by atoms with E-state index in [-0.39, 0.29) is 5.41 Å². The van der Waals surface area contributed by atoms with Gasteiger partial charge in [-0.3, -0.25) is 0 Å². The van der Waals surface area contributed by atoms with Gasteiger partial charge in [0.2, 0.25) is 0 Å². The Bertz CT molecular complexity index is 389. The van der Waals surface area contributed by atoms with E-state index in [9.17, 15) is 0 Å². The standard InChI is InChI=1S/C12H20N4/c1-11(2,3)10-6-16(15-14-10)9-4-12(5-9)7-13-8-12/h6,9,13H,4-5,7-8H2,1-3H3. The van der Waals surface area contributed by atoms with Gasteiger partial charge >= 0.3 is 0 Å². The molecule has 2 heterocycles. The van der Waals surface area contributed by atoms with Crippen LogP contribution in [-0.4, -0.2) is 28.1 Å². The molecular weight excluding hydrogens is 200 g/mol. The molecule has 0 atom stereocenters. The van der Waals surface area contributed by atoms with Crippen LogP contribution in [0.5, 0.6) is 0 Å². The van der Waals surface area contributed by atoms with E-state index in [1.807, 2.05) is 0 Å². The van der Waals surface area contributed by atoms with Gasteiger partial charge in [0.05, 0.1) is 11.7 Å². The van der Waals surface area contributed by atoms with Gasteiger partial charge < -0.3 is 5.32 Å². The van der Waals surface area contributed by atoms with Crippen LogP contribution in [0.2, 0.25) is 0 Å². The zero-order chi connectivity index (χ0) is 11.4. The lowest BCUT2D eigenvalue weighted by Crippen LogP contribution is -2.60. The van der Waals surface area contributed by atoms with Crippen molar-refractivity contribution in [1.29, 1.82) is 0 Å². The van der Waals surface area contributed by atoms with Crippen molar-refractivity contribution in [2.75, 3.05) is 13.1 Å². The zero-order valence-corrected chi connectivity index (χ0v) is 10.3. The highest BCUT2D eigenvalue weighted by atomic mass is 15.4. The van der Waals surface area contributed by atoms with Gasteiger partial charge in [-0.25, -0.2) is 4.68 Å². The first-order valence-electron chi connectivity index (χ1n) is 6.12. The quantitative estimate of drug-likeness (QED) is 0.780. The molecule has 16 heavy (non-hydrogen) atoms. The summed E-state index contributed by atoms with van der Waals surface area (Å²) >= 11 is 0.